The van der Waals surface area contributed by atoms with Crippen LogP contribution in [-0.4, -0.2) is 116 Å². The molecular formula is C54H72N8O8S. The Kier molecular flexibility index (Phi) is 18.2. The molecule has 1 aliphatic carbocycles. The molecule has 4 aromatic rings. The summed E-state index contributed by atoms with van der Waals surface area (Å²) < 4.78 is 35.5. The number of esters is 1. The number of pyridine rings is 1. The molecule has 1 saturated heterocycles. The number of carbonyl (C=O) groups excluding carboxylic acids is 5. The van der Waals surface area contributed by atoms with E-state index in [-0.39, 0.29) is 58.1 Å². The van der Waals surface area contributed by atoms with Crippen LogP contribution in [0.5, 0.6) is 0 Å². The maximum absolute atomic E-state index is 14.3. The average Bonchev–Trinajstić information content (AvgIpc) is 3.33. The Morgan fingerprint density at radius 1 is 0.761 bits per heavy atom. The molecule has 1 aliphatic heterocycles. The first-order valence-electron chi connectivity index (χ1n) is 24.8. The number of anilines is 3. The second-order valence-corrected chi connectivity index (χ2v) is 22.2. The fourth-order valence-corrected chi connectivity index (χ4v) is 10.6. The number of aromatic nitrogens is 1. The van der Waals surface area contributed by atoms with Crippen molar-refractivity contribution >= 4 is 56.8 Å². The number of benzene rings is 3. The largest absolute Gasteiger partial charge is 0.456 e. The van der Waals surface area contributed by atoms with Gasteiger partial charge in [-0.3, -0.25) is 19.2 Å². The minimum Gasteiger partial charge on any atom is -0.456 e. The zero-order valence-electron chi connectivity index (χ0n) is 42.6. The molecule has 0 radical (unpaired) electrons. The van der Waals surface area contributed by atoms with Crippen molar-refractivity contribution in [1.82, 2.24) is 24.8 Å². The summed E-state index contributed by atoms with van der Waals surface area (Å²) in [7, 11) is -0.254. The molecule has 2 aliphatic rings. The van der Waals surface area contributed by atoms with Crippen LogP contribution in [0.25, 0.3) is 0 Å². The summed E-state index contributed by atoms with van der Waals surface area (Å²) in [5.41, 5.74) is 1.73. The van der Waals surface area contributed by atoms with E-state index in [0.29, 0.717) is 55.8 Å². The average molecular weight is 993 g/mol. The maximum Gasteiger partial charge on any atom is 0.338 e. The molecule has 1 aromatic heterocycles. The molecule has 6 rings (SSSR count). The Morgan fingerprint density at radius 3 is 2.00 bits per heavy atom. The fourth-order valence-electron chi connectivity index (χ4n) is 8.86. The molecule has 4 N–H and O–H groups in total. The third kappa shape index (κ3) is 14.9. The molecule has 0 atom stereocenters. The predicted molar refractivity (Wildman–Crippen MR) is 277 cm³/mol. The molecule has 0 spiro atoms. The van der Waals surface area contributed by atoms with E-state index in [1.807, 2.05) is 76.2 Å². The topological polar surface area (TPSA) is 199 Å². The van der Waals surface area contributed by atoms with E-state index in [1.165, 1.54) is 28.6 Å². The summed E-state index contributed by atoms with van der Waals surface area (Å²) in [5, 5.41) is 11.6. The molecule has 0 unspecified atom stereocenters. The smallest absolute Gasteiger partial charge is 0.338 e. The molecule has 382 valence electrons. The third-order valence-corrected chi connectivity index (χ3v) is 14.9. The lowest BCUT2D eigenvalue weighted by Crippen LogP contribution is -2.57. The van der Waals surface area contributed by atoms with E-state index in [0.717, 1.165) is 56.3 Å². The molecule has 4 amide bonds. The standard InChI is InChI=1S/C54H72N8O8S/c1-9-62(43-28-24-39(25-29-43)49(64)59-54(5,6)52(67)55-32-35-60(7)8)71(68,69)44-15-13-14-41(36-44)48(63)57-45-30-31-46(61-33-11-10-12-34-61)58-47(45)50(65)56-42-26-20-38(21-27-42)17-16-37-18-22-40(23-19-37)51(66)70-53(2,3)4/h13-15,18-23,26-27,30-31,36,39,43H,9-12,16-17,24-25,28-29,32-35H2,1-8H3,(H,55,67)(H,56,65)(H,57,63)(H,59,64). The van der Waals surface area contributed by atoms with Gasteiger partial charge in [-0.15, -0.1) is 0 Å². The van der Waals surface area contributed by atoms with Crippen LogP contribution in [0, 0.1) is 5.92 Å². The lowest BCUT2D eigenvalue weighted by atomic mass is 9.85. The highest BCUT2D eigenvalue weighted by Gasteiger charge is 2.38. The van der Waals surface area contributed by atoms with Gasteiger partial charge in [0.2, 0.25) is 21.8 Å². The molecule has 0 bridgehead atoms. The number of hydrogen-bond donors (Lipinski definition) is 4. The number of ether oxygens (including phenoxy) is 1. The Labute approximate surface area is 419 Å². The van der Waals surface area contributed by atoms with E-state index >= 15 is 0 Å². The second-order valence-electron chi connectivity index (χ2n) is 20.3. The van der Waals surface area contributed by atoms with E-state index < -0.39 is 33.0 Å². The first-order chi connectivity index (χ1) is 33.6. The van der Waals surface area contributed by atoms with Crippen LogP contribution in [0.3, 0.4) is 0 Å². The van der Waals surface area contributed by atoms with Crippen molar-refractivity contribution in [2.75, 3.05) is 62.4 Å². The van der Waals surface area contributed by atoms with Crippen molar-refractivity contribution in [3.05, 3.63) is 113 Å². The number of carbonyl (C=O) groups is 5. The van der Waals surface area contributed by atoms with Gasteiger partial charge in [-0.1, -0.05) is 37.3 Å². The van der Waals surface area contributed by atoms with Gasteiger partial charge in [0.15, 0.2) is 5.69 Å². The van der Waals surface area contributed by atoms with Gasteiger partial charge in [0.05, 0.1) is 16.1 Å². The number of rotatable bonds is 19. The van der Waals surface area contributed by atoms with Crippen LogP contribution in [0.1, 0.15) is 129 Å². The monoisotopic (exact) mass is 993 g/mol. The van der Waals surface area contributed by atoms with Crippen molar-refractivity contribution in [3.8, 4) is 0 Å². The van der Waals surface area contributed by atoms with Crippen molar-refractivity contribution in [1.29, 1.82) is 0 Å². The lowest BCUT2D eigenvalue weighted by Gasteiger charge is -2.36. The van der Waals surface area contributed by atoms with Crippen LogP contribution in [0.2, 0.25) is 0 Å². The van der Waals surface area contributed by atoms with Crippen LogP contribution in [0.15, 0.2) is 89.8 Å². The van der Waals surface area contributed by atoms with Crippen molar-refractivity contribution < 1.29 is 37.1 Å². The van der Waals surface area contributed by atoms with Gasteiger partial charge < -0.3 is 35.8 Å². The quantitative estimate of drug-likeness (QED) is 0.0681. The third-order valence-electron chi connectivity index (χ3n) is 12.9. The summed E-state index contributed by atoms with van der Waals surface area (Å²) >= 11 is 0. The minimum absolute atomic E-state index is 0.0115. The number of nitrogens with zero attached hydrogens (tertiary/aromatic N) is 4. The Bertz CT molecular complexity index is 2620. The van der Waals surface area contributed by atoms with E-state index in [1.54, 1.807) is 45.0 Å². The molecule has 71 heavy (non-hydrogen) atoms. The van der Waals surface area contributed by atoms with Gasteiger partial charge in [0.1, 0.15) is 17.0 Å². The summed E-state index contributed by atoms with van der Waals surface area (Å²) in [4.78, 5) is 75.5. The first-order valence-corrected chi connectivity index (χ1v) is 26.2. The van der Waals surface area contributed by atoms with Gasteiger partial charge >= 0.3 is 5.97 Å². The number of hydrogen-bond acceptors (Lipinski definition) is 11. The zero-order valence-corrected chi connectivity index (χ0v) is 43.4. The highest BCUT2D eigenvalue weighted by atomic mass is 32.2. The summed E-state index contributed by atoms with van der Waals surface area (Å²) in [6.07, 6.45) is 6.37. The van der Waals surface area contributed by atoms with Crippen molar-refractivity contribution in [3.63, 3.8) is 0 Å². The van der Waals surface area contributed by atoms with Crippen LogP contribution in [-0.2, 0) is 37.2 Å². The number of aryl methyl sites for hydroxylation is 2. The molecule has 3 aromatic carbocycles. The zero-order chi connectivity index (χ0) is 51.5. The van der Waals surface area contributed by atoms with Crippen LogP contribution >= 0.6 is 0 Å². The SMILES string of the molecule is CCN(C1CCC(C(=O)NC(C)(C)C(=O)NCCN(C)C)CC1)S(=O)(=O)c1cccc(C(=O)Nc2ccc(N3CCCCC3)nc2C(=O)Nc2ccc(CCc3ccc(C(=O)OC(C)(C)C)cc3)cc2)c1. The summed E-state index contributed by atoms with van der Waals surface area (Å²) in [6.45, 7) is 13.5. The van der Waals surface area contributed by atoms with Crippen LogP contribution in [0.4, 0.5) is 17.2 Å². The fraction of sp³-hybridized carbons (Fsp3) is 0.481. The Morgan fingerprint density at radius 2 is 1.39 bits per heavy atom. The van der Waals surface area contributed by atoms with E-state index in [9.17, 15) is 32.4 Å². The van der Waals surface area contributed by atoms with Gasteiger partial charge in [-0.25, -0.2) is 18.2 Å². The number of amides is 4. The Hall–Kier alpha value is -6.17. The second kappa shape index (κ2) is 23.8. The maximum atomic E-state index is 14.3. The number of likely N-dealkylation sites (N-methyl/N-ethyl adjacent to an activating group) is 1. The normalized spacial score (nSPS) is 16.6. The molecule has 1 saturated carbocycles. The lowest BCUT2D eigenvalue weighted by molar-refractivity contribution is -0.134. The molecule has 2 fully saturated rings. The predicted octanol–water partition coefficient (Wildman–Crippen LogP) is 7.46. The van der Waals surface area contributed by atoms with Crippen LogP contribution < -0.4 is 26.2 Å². The first kappa shape index (κ1) is 54.2. The highest BCUT2D eigenvalue weighted by Crippen LogP contribution is 2.32. The van der Waals surface area contributed by atoms with Gasteiger partial charge in [0.25, 0.3) is 11.8 Å². The summed E-state index contributed by atoms with van der Waals surface area (Å²) in [6, 6.07) is 23.8. The minimum atomic E-state index is -4.08. The van der Waals surface area contributed by atoms with Gasteiger partial charge in [-0.2, -0.15) is 4.31 Å². The highest BCUT2D eigenvalue weighted by molar-refractivity contribution is 7.89. The molecule has 17 heteroatoms. The van der Waals surface area contributed by atoms with E-state index in [2.05, 4.69) is 26.2 Å². The Balaban J connectivity index is 1.10. The number of sulfonamides is 1. The number of nitrogens with one attached hydrogen (secondary N) is 4. The van der Waals surface area contributed by atoms with Crippen molar-refractivity contribution in [2.45, 2.75) is 121 Å². The van der Waals surface area contributed by atoms with Crippen molar-refractivity contribution in [2.24, 2.45) is 5.92 Å². The molecule has 16 nitrogen and oxygen atoms in total. The molecular weight excluding hydrogens is 921 g/mol. The van der Waals surface area contributed by atoms with Gasteiger partial charge in [0, 0.05) is 55.9 Å². The van der Waals surface area contributed by atoms with E-state index in [4.69, 9.17) is 9.72 Å². The molecule has 2 heterocycles. The summed E-state index contributed by atoms with van der Waals surface area (Å²) in [5.74, 6) is -1.76. The number of piperidine rings is 1. The van der Waals surface area contributed by atoms with Gasteiger partial charge in [-0.05, 0) is 172 Å².